The molecular formula is C21H22F3N3O5S. The monoisotopic (exact) mass is 485 g/mol. The molecule has 33 heavy (non-hydrogen) atoms. The Hall–Kier alpha value is -2.64. The molecule has 0 spiro atoms. The number of halogens is 3. The molecule has 5 N–H and O–H groups in total. The summed E-state index contributed by atoms with van der Waals surface area (Å²) in [5.74, 6) is -3.93. The van der Waals surface area contributed by atoms with Gasteiger partial charge in [0.2, 0.25) is 0 Å². The SMILES string of the molecule is COc1ccc(S[C@H]2OC(CO)[C@H](O)C(N/C=C(\N=N)c3cc(F)c(F)c(F)c3)C2O)cc1. The largest absolute Gasteiger partial charge is 0.497 e. The Balaban J connectivity index is 1.82. The Labute approximate surface area is 191 Å². The molecule has 1 fully saturated rings. The summed E-state index contributed by atoms with van der Waals surface area (Å²) in [6, 6.07) is 7.16. The van der Waals surface area contributed by atoms with Crippen LogP contribution in [-0.2, 0) is 4.74 Å². The van der Waals surface area contributed by atoms with E-state index < -0.39 is 53.8 Å². The van der Waals surface area contributed by atoms with Crippen LogP contribution in [0.25, 0.3) is 5.70 Å². The average Bonchev–Trinajstić information content (AvgIpc) is 2.81. The van der Waals surface area contributed by atoms with Gasteiger partial charge in [-0.3, -0.25) is 0 Å². The fourth-order valence-corrected chi connectivity index (χ4v) is 4.30. The zero-order chi connectivity index (χ0) is 24.1. The number of benzene rings is 2. The van der Waals surface area contributed by atoms with Gasteiger partial charge in [0.15, 0.2) is 17.5 Å². The van der Waals surface area contributed by atoms with Crippen molar-refractivity contribution in [3.05, 3.63) is 65.6 Å². The number of aliphatic hydroxyl groups excluding tert-OH is 3. The van der Waals surface area contributed by atoms with E-state index in [1.54, 1.807) is 24.3 Å². The van der Waals surface area contributed by atoms with Crippen molar-refractivity contribution in [2.75, 3.05) is 13.7 Å². The second kappa shape index (κ2) is 11.0. The van der Waals surface area contributed by atoms with Crippen molar-refractivity contribution in [3.63, 3.8) is 0 Å². The topological polar surface area (TPSA) is 127 Å². The Morgan fingerprint density at radius 3 is 2.36 bits per heavy atom. The van der Waals surface area contributed by atoms with Crippen molar-refractivity contribution in [2.45, 2.75) is 34.7 Å². The first-order valence-electron chi connectivity index (χ1n) is 9.70. The molecule has 8 nitrogen and oxygen atoms in total. The van der Waals surface area contributed by atoms with E-state index in [0.29, 0.717) is 17.9 Å². The quantitative estimate of drug-likeness (QED) is 0.287. The third-order valence-electron chi connectivity index (χ3n) is 5.01. The van der Waals surface area contributed by atoms with E-state index in [9.17, 15) is 28.5 Å². The zero-order valence-corrected chi connectivity index (χ0v) is 18.1. The molecule has 3 rings (SSSR count). The minimum absolute atomic E-state index is 0.229. The summed E-state index contributed by atoms with van der Waals surface area (Å²) >= 11 is 1.15. The summed E-state index contributed by atoms with van der Waals surface area (Å²) in [7, 11) is 1.53. The molecule has 0 aliphatic carbocycles. The second-order valence-electron chi connectivity index (χ2n) is 7.09. The summed E-state index contributed by atoms with van der Waals surface area (Å²) in [6.07, 6.45) is -2.67. The first-order chi connectivity index (χ1) is 15.8. The lowest BCUT2D eigenvalue weighted by Gasteiger charge is -2.42. The van der Waals surface area contributed by atoms with E-state index in [-0.39, 0.29) is 11.3 Å². The van der Waals surface area contributed by atoms with Crippen molar-refractivity contribution < 1.29 is 38.0 Å². The number of rotatable bonds is 8. The number of nitrogens with one attached hydrogen (secondary N) is 2. The maximum absolute atomic E-state index is 13.6. The molecule has 2 aromatic rings. The number of hydrogen-bond acceptors (Lipinski definition) is 9. The van der Waals surface area contributed by atoms with E-state index in [2.05, 4.69) is 10.4 Å². The molecule has 0 radical (unpaired) electrons. The molecule has 1 aliphatic heterocycles. The number of thioether (sulfide) groups is 1. The van der Waals surface area contributed by atoms with Crippen LogP contribution in [0.15, 0.2) is 52.6 Å². The summed E-state index contributed by atoms with van der Waals surface area (Å²) in [6.45, 7) is -0.542. The highest BCUT2D eigenvalue weighted by molar-refractivity contribution is 7.99. The highest BCUT2D eigenvalue weighted by Gasteiger charge is 2.44. The van der Waals surface area contributed by atoms with Gasteiger partial charge in [0, 0.05) is 16.7 Å². The molecular weight excluding hydrogens is 463 g/mol. The predicted molar refractivity (Wildman–Crippen MR) is 113 cm³/mol. The Morgan fingerprint density at radius 1 is 1.18 bits per heavy atom. The van der Waals surface area contributed by atoms with Crippen LogP contribution in [-0.4, -0.2) is 58.8 Å². The van der Waals surface area contributed by atoms with Crippen LogP contribution in [0.2, 0.25) is 0 Å². The van der Waals surface area contributed by atoms with Crippen LogP contribution in [0.4, 0.5) is 13.2 Å². The van der Waals surface area contributed by atoms with E-state index in [1.807, 2.05) is 0 Å². The van der Waals surface area contributed by atoms with Crippen molar-refractivity contribution in [2.24, 2.45) is 5.11 Å². The Kier molecular flexibility index (Phi) is 8.32. The van der Waals surface area contributed by atoms with Crippen LogP contribution in [0.5, 0.6) is 5.75 Å². The van der Waals surface area contributed by atoms with Crippen LogP contribution in [0, 0.1) is 23.0 Å². The lowest BCUT2D eigenvalue weighted by atomic mass is 9.97. The molecule has 2 aromatic carbocycles. The normalized spacial score (nSPS) is 25.5. The van der Waals surface area contributed by atoms with Gasteiger partial charge < -0.3 is 30.1 Å². The van der Waals surface area contributed by atoms with Gasteiger partial charge in [0.1, 0.15) is 35.2 Å². The summed E-state index contributed by atoms with van der Waals surface area (Å²) in [4.78, 5) is 0.723. The fraction of sp³-hybridized carbons (Fsp3) is 0.333. The molecule has 1 aliphatic rings. The number of ether oxygens (including phenoxy) is 2. The number of aliphatic hydroxyl groups is 3. The predicted octanol–water partition coefficient (Wildman–Crippen LogP) is 2.63. The molecule has 3 unspecified atom stereocenters. The molecule has 0 saturated carbocycles. The van der Waals surface area contributed by atoms with E-state index in [1.165, 1.54) is 7.11 Å². The number of nitrogens with zero attached hydrogens (tertiary/aromatic N) is 1. The summed E-state index contributed by atoms with van der Waals surface area (Å²) in [5, 5.41) is 36.8. The van der Waals surface area contributed by atoms with Gasteiger partial charge in [0.25, 0.3) is 0 Å². The number of methoxy groups -OCH3 is 1. The lowest BCUT2D eigenvalue weighted by molar-refractivity contribution is -0.164. The van der Waals surface area contributed by atoms with Gasteiger partial charge in [-0.25, -0.2) is 18.7 Å². The van der Waals surface area contributed by atoms with Crippen LogP contribution < -0.4 is 10.1 Å². The maximum atomic E-state index is 13.6. The van der Waals surface area contributed by atoms with E-state index >= 15 is 0 Å². The summed E-state index contributed by atoms with van der Waals surface area (Å²) in [5.41, 5.74) is 5.87. The van der Waals surface area contributed by atoms with Crippen LogP contribution in [0.3, 0.4) is 0 Å². The van der Waals surface area contributed by atoms with Gasteiger partial charge in [-0.15, -0.1) is 0 Å². The molecule has 0 bridgehead atoms. The lowest BCUT2D eigenvalue weighted by Crippen LogP contribution is -2.61. The van der Waals surface area contributed by atoms with Gasteiger partial charge in [0.05, 0.1) is 19.8 Å². The van der Waals surface area contributed by atoms with Crippen molar-refractivity contribution in [1.82, 2.24) is 5.32 Å². The zero-order valence-electron chi connectivity index (χ0n) is 17.3. The van der Waals surface area contributed by atoms with Crippen LogP contribution >= 0.6 is 11.8 Å². The Bertz CT molecular complexity index is 988. The fourth-order valence-electron chi connectivity index (χ4n) is 3.23. The maximum Gasteiger partial charge on any atom is 0.194 e. The minimum atomic E-state index is -1.66. The van der Waals surface area contributed by atoms with Crippen molar-refractivity contribution in [3.8, 4) is 5.75 Å². The third-order valence-corrected chi connectivity index (χ3v) is 6.18. The molecule has 0 aromatic heterocycles. The van der Waals surface area contributed by atoms with Gasteiger partial charge in [-0.05, 0) is 36.4 Å². The third kappa shape index (κ3) is 5.65. The average molecular weight is 485 g/mol. The van der Waals surface area contributed by atoms with Gasteiger partial charge in [-0.1, -0.05) is 11.8 Å². The van der Waals surface area contributed by atoms with Gasteiger partial charge in [-0.2, -0.15) is 5.11 Å². The standard InChI is InChI=1S/C21H22F3N3O5S/c1-31-11-2-4-12(5-3-11)33-21-20(30)18(19(29)16(9-28)32-21)26-8-15(27-25)10-6-13(22)17(24)14(23)7-10/h2-8,16,18-21,25-26,28-30H,9H2,1H3/b15-8-,27-25?/t16?,18?,19-,20?,21+/m0/s1. The van der Waals surface area contributed by atoms with E-state index in [0.717, 1.165) is 22.9 Å². The molecule has 0 amide bonds. The second-order valence-corrected chi connectivity index (χ2v) is 8.26. The highest BCUT2D eigenvalue weighted by Crippen LogP contribution is 2.34. The minimum Gasteiger partial charge on any atom is -0.497 e. The molecule has 12 heteroatoms. The smallest absolute Gasteiger partial charge is 0.194 e. The Morgan fingerprint density at radius 2 is 1.82 bits per heavy atom. The van der Waals surface area contributed by atoms with Gasteiger partial charge >= 0.3 is 0 Å². The van der Waals surface area contributed by atoms with Crippen LogP contribution in [0.1, 0.15) is 5.56 Å². The summed E-state index contributed by atoms with van der Waals surface area (Å²) < 4.78 is 51.1. The number of hydrogen-bond donors (Lipinski definition) is 5. The van der Waals surface area contributed by atoms with E-state index in [4.69, 9.17) is 15.0 Å². The first kappa shape index (κ1) is 25.0. The highest BCUT2D eigenvalue weighted by atomic mass is 32.2. The van der Waals surface area contributed by atoms with Crippen molar-refractivity contribution >= 4 is 17.5 Å². The molecule has 1 heterocycles. The first-order valence-corrected chi connectivity index (χ1v) is 10.6. The molecule has 178 valence electrons. The van der Waals surface area contributed by atoms with Crippen molar-refractivity contribution in [1.29, 1.82) is 5.53 Å². The molecule has 1 saturated heterocycles. The molecule has 5 atom stereocenters.